The smallest absolute Gasteiger partial charge is 0.188 e. The van der Waals surface area contributed by atoms with Crippen LogP contribution in [0.3, 0.4) is 0 Å². The maximum absolute atomic E-state index is 9.56. The molecule has 0 atom stereocenters. The van der Waals surface area contributed by atoms with Crippen LogP contribution in [0.1, 0.15) is 5.56 Å². The van der Waals surface area contributed by atoms with E-state index >= 15 is 0 Å². The summed E-state index contributed by atoms with van der Waals surface area (Å²) in [5, 5.41) is 16.0. The third-order valence-corrected chi connectivity index (χ3v) is 8.52. The van der Waals surface area contributed by atoms with Crippen molar-refractivity contribution in [1.82, 2.24) is 9.13 Å². The molecule has 0 amide bonds. The fourth-order valence-electron chi connectivity index (χ4n) is 6.67. The van der Waals surface area contributed by atoms with Gasteiger partial charge in [-0.1, -0.05) is 48.5 Å². The Morgan fingerprint density at radius 2 is 1.19 bits per heavy atom. The van der Waals surface area contributed by atoms with Crippen LogP contribution in [0.5, 0.6) is 0 Å². The molecular weight excluding hydrogens is 528 g/mol. The summed E-state index contributed by atoms with van der Waals surface area (Å²) >= 11 is 0. The van der Waals surface area contributed by atoms with E-state index in [-0.39, 0.29) is 0 Å². The molecule has 0 radical (unpaired) electrons. The number of nitrogens with zero attached hydrogens (tertiary/aromatic N) is 4. The van der Waals surface area contributed by atoms with Crippen LogP contribution in [0, 0.1) is 17.9 Å². The van der Waals surface area contributed by atoms with Gasteiger partial charge in [0, 0.05) is 49.8 Å². The van der Waals surface area contributed by atoms with Gasteiger partial charge in [0.15, 0.2) is 5.69 Å². The summed E-state index contributed by atoms with van der Waals surface area (Å²) in [5.74, 6) is 0. The largest absolute Gasteiger partial charge is 0.456 e. The van der Waals surface area contributed by atoms with Crippen LogP contribution in [0.4, 0.5) is 5.69 Å². The molecule has 0 bridgehead atoms. The van der Waals surface area contributed by atoms with Gasteiger partial charge in [0.25, 0.3) is 0 Å². The minimum Gasteiger partial charge on any atom is -0.456 e. The van der Waals surface area contributed by atoms with Gasteiger partial charge in [0.2, 0.25) is 0 Å². The molecule has 0 spiro atoms. The van der Waals surface area contributed by atoms with Crippen molar-refractivity contribution in [3.05, 3.63) is 138 Å². The summed E-state index contributed by atoms with van der Waals surface area (Å²) < 4.78 is 10.9. The van der Waals surface area contributed by atoms with E-state index in [9.17, 15) is 5.26 Å². The highest BCUT2D eigenvalue weighted by Crippen LogP contribution is 2.40. The van der Waals surface area contributed by atoms with Crippen LogP contribution < -0.4 is 0 Å². The summed E-state index contributed by atoms with van der Waals surface area (Å²) in [6.07, 6.45) is 0. The standard InChI is InChI=1S/C38H20N4O/c1-40-24-14-16-37-31(18-24)32-20-30-28-10-3-5-12-34(28)42(36(30)21-38(32)43-37)26-8-6-7-25(19-26)41-33-11-4-2-9-27(33)29-17-23(22-39)13-15-35(29)41/h2-21H. The highest BCUT2D eigenvalue weighted by atomic mass is 16.3. The number of furan rings is 1. The predicted molar refractivity (Wildman–Crippen MR) is 173 cm³/mol. The first kappa shape index (κ1) is 23.4. The third-order valence-electron chi connectivity index (χ3n) is 8.52. The van der Waals surface area contributed by atoms with E-state index < -0.39 is 0 Å². The molecule has 0 saturated carbocycles. The second-order valence-corrected chi connectivity index (χ2v) is 10.8. The summed E-state index contributed by atoms with van der Waals surface area (Å²) in [4.78, 5) is 3.63. The number of rotatable bonds is 2. The quantitative estimate of drug-likeness (QED) is 0.202. The topological polar surface area (TPSA) is 51.1 Å². The highest BCUT2D eigenvalue weighted by molar-refractivity contribution is 6.17. The second kappa shape index (κ2) is 8.60. The van der Waals surface area contributed by atoms with Gasteiger partial charge in [-0.15, -0.1) is 0 Å². The number of fused-ring (bicyclic) bond motifs is 9. The van der Waals surface area contributed by atoms with Crippen molar-refractivity contribution in [2.75, 3.05) is 0 Å². The van der Waals surface area contributed by atoms with Gasteiger partial charge in [-0.25, -0.2) is 4.85 Å². The van der Waals surface area contributed by atoms with Crippen molar-refractivity contribution in [2.45, 2.75) is 0 Å². The summed E-state index contributed by atoms with van der Waals surface area (Å²) in [5.41, 5.74) is 9.20. The van der Waals surface area contributed by atoms with E-state index in [2.05, 4.69) is 98.9 Å². The fraction of sp³-hybridized carbons (Fsp3) is 0. The summed E-state index contributed by atoms with van der Waals surface area (Å²) in [7, 11) is 0. The average molecular weight is 549 g/mol. The van der Waals surface area contributed by atoms with Gasteiger partial charge < -0.3 is 13.6 Å². The van der Waals surface area contributed by atoms with Crippen molar-refractivity contribution in [2.24, 2.45) is 0 Å². The van der Waals surface area contributed by atoms with Crippen molar-refractivity contribution in [1.29, 1.82) is 5.26 Å². The lowest BCUT2D eigenvalue weighted by molar-refractivity contribution is 0.669. The van der Waals surface area contributed by atoms with Crippen molar-refractivity contribution in [3.63, 3.8) is 0 Å². The molecule has 0 aliphatic rings. The van der Waals surface area contributed by atoms with Gasteiger partial charge in [0.05, 0.1) is 40.3 Å². The molecule has 3 heterocycles. The fourth-order valence-corrected chi connectivity index (χ4v) is 6.67. The summed E-state index contributed by atoms with van der Waals surface area (Å²) in [6, 6.07) is 43.5. The number of aromatic nitrogens is 2. The first-order chi connectivity index (χ1) is 21.2. The molecular formula is C38H20N4O. The zero-order valence-electron chi connectivity index (χ0n) is 22.7. The van der Waals surface area contributed by atoms with Crippen LogP contribution in [0.25, 0.3) is 81.8 Å². The van der Waals surface area contributed by atoms with E-state index in [1.807, 2.05) is 36.4 Å². The Labute approximate surface area is 245 Å². The van der Waals surface area contributed by atoms with E-state index in [1.54, 1.807) is 6.07 Å². The monoisotopic (exact) mass is 548 g/mol. The van der Waals surface area contributed by atoms with E-state index in [0.717, 1.165) is 76.9 Å². The number of hydrogen-bond acceptors (Lipinski definition) is 2. The van der Waals surface area contributed by atoms with Gasteiger partial charge in [-0.2, -0.15) is 5.26 Å². The van der Waals surface area contributed by atoms with E-state index in [4.69, 9.17) is 11.0 Å². The third kappa shape index (κ3) is 3.25. The van der Waals surface area contributed by atoms with Crippen LogP contribution in [-0.2, 0) is 0 Å². The molecule has 0 saturated heterocycles. The lowest BCUT2D eigenvalue weighted by Crippen LogP contribution is -1.98. The number of para-hydroxylation sites is 2. The molecule has 9 aromatic rings. The first-order valence-corrected chi connectivity index (χ1v) is 14.0. The average Bonchev–Trinajstić information content (AvgIpc) is 3.70. The molecule has 0 fully saturated rings. The molecule has 9 rings (SSSR count). The van der Waals surface area contributed by atoms with Crippen molar-refractivity contribution < 1.29 is 4.42 Å². The SMILES string of the molecule is [C-]#[N+]c1ccc2oc3cc4c(cc3c2c1)c1ccccc1n4-c1cccc(-n2c3ccccc3c3cc(C#N)ccc32)c1. The molecule has 0 aliphatic heterocycles. The van der Waals surface area contributed by atoms with Crippen LogP contribution >= 0.6 is 0 Å². The first-order valence-electron chi connectivity index (χ1n) is 14.0. The van der Waals surface area contributed by atoms with Crippen molar-refractivity contribution >= 4 is 71.2 Å². The Kier molecular flexibility index (Phi) is 4.68. The molecule has 3 aromatic heterocycles. The van der Waals surface area contributed by atoms with Crippen LogP contribution in [0.2, 0.25) is 0 Å². The molecule has 198 valence electrons. The number of hydrogen-bond donors (Lipinski definition) is 0. The Bertz CT molecular complexity index is 2710. The van der Waals surface area contributed by atoms with Gasteiger partial charge >= 0.3 is 0 Å². The maximum atomic E-state index is 9.56. The van der Waals surface area contributed by atoms with Gasteiger partial charge in [-0.05, 0) is 66.7 Å². The zero-order valence-corrected chi connectivity index (χ0v) is 22.7. The Hall–Kier alpha value is -6.30. The van der Waals surface area contributed by atoms with E-state index in [1.165, 1.54) is 0 Å². The van der Waals surface area contributed by atoms with E-state index in [0.29, 0.717) is 11.3 Å². The minimum atomic E-state index is 0.600. The molecule has 0 N–H and O–H groups in total. The number of nitriles is 1. The number of benzene rings is 6. The minimum absolute atomic E-state index is 0.600. The van der Waals surface area contributed by atoms with Crippen molar-refractivity contribution in [3.8, 4) is 17.4 Å². The van der Waals surface area contributed by atoms with Crippen LogP contribution in [0.15, 0.2) is 126 Å². The zero-order chi connectivity index (χ0) is 28.7. The Morgan fingerprint density at radius 3 is 1.91 bits per heavy atom. The summed E-state index contributed by atoms with van der Waals surface area (Å²) in [6.45, 7) is 7.47. The predicted octanol–water partition coefficient (Wildman–Crippen LogP) is 10.2. The molecule has 43 heavy (non-hydrogen) atoms. The van der Waals surface area contributed by atoms with Crippen LogP contribution in [-0.4, -0.2) is 9.13 Å². The maximum Gasteiger partial charge on any atom is 0.188 e. The molecule has 0 aliphatic carbocycles. The lowest BCUT2D eigenvalue weighted by Gasteiger charge is -2.12. The molecule has 0 unspecified atom stereocenters. The highest BCUT2D eigenvalue weighted by Gasteiger charge is 2.18. The van der Waals surface area contributed by atoms with Gasteiger partial charge in [0.1, 0.15) is 11.2 Å². The molecule has 5 heteroatoms. The Balaban J connectivity index is 1.33. The molecule has 5 nitrogen and oxygen atoms in total. The normalized spacial score (nSPS) is 11.7. The lowest BCUT2D eigenvalue weighted by atomic mass is 10.1. The molecule has 6 aromatic carbocycles. The second-order valence-electron chi connectivity index (χ2n) is 10.8. The Morgan fingerprint density at radius 1 is 0.535 bits per heavy atom. The van der Waals surface area contributed by atoms with Gasteiger partial charge in [-0.3, -0.25) is 0 Å².